The van der Waals surface area contributed by atoms with E-state index in [0.29, 0.717) is 21.3 Å². The van der Waals surface area contributed by atoms with Crippen LogP contribution in [0.1, 0.15) is 15.9 Å². The van der Waals surface area contributed by atoms with E-state index in [1.807, 2.05) is 6.07 Å². The highest BCUT2D eigenvalue weighted by Gasteiger charge is 2.18. The molecule has 1 amide bonds. The predicted molar refractivity (Wildman–Crippen MR) is 128 cm³/mol. The molecule has 0 aliphatic carbocycles. The molecule has 0 fully saturated rings. The molecule has 0 spiro atoms. The molecule has 10 heteroatoms. The average Bonchev–Trinajstić information content (AvgIpc) is 2.84. The third-order valence-corrected chi connectivity index (χ3v) is 6.30. The summed E-state index contributed by atoms with van der Waals surface area (Å²) in [6.45, 7) is 0. The van der Waals surface area contributed by atoms with Crippen LogP contribution in [0.2, 0.25) is 0 Å². The largest absolute Gasteiger partial charge is 0.465 e. The number of halogens is 1. The van der Waals surface area contributed by atoms with Gasteiger partial charge in [0.15, 0.2) is 5.75 Å². The molecular formula is C24H17BrN2O6S. The number of carbonyl (C=O) groups excluding carboxylic acids is 2. The first kappa shape index (κ1) is 24.7. The molecule has 0 radical (unpaired) electrons. The zero-order valence-corrected chi connectivity index (χ0v) is 20.1. The Morgan fingerprint density at radius 1 is 1.03 bits per heavy atom. The maximum Gasteiger partial charge on any atom is 0.339 e. The molecule has 0 unspecified atom stereocenters. The molecular weight excluding hydrogens is 524 g/mol. The second-order valence-corrected chi connectivity index (χ2v) is 9.13. The first-order chi connectivity index (χ1) is 16.2. The summed E-state index contributed by atoms with van der Waals surface area (Å²) in [7, 11) is -2.76. The van der Waals surface area contributed by atoms with Gasteiger partial charge in [0.05, 0.1) is 17.1 Å². The zero-order valence-electron chi connectivity index (χ0n) is 17.7. The number of ether oxygens (including phenoxy) is 1. The molecule has 3 aromatic rings. The molecule has 8 nitrogen and oxygen atoms in total. The molecule has 0 bridgehead atoms. The van der Waals surface area contributed by atoms with Crippen LogP contribution in [0.25, 0.3) is 6.08 Å². The number of amides is 1. The molecule has 1 N–H and O–H groups in total. The predicted octanol–water partition coefficient (Wildman–Crippen LogP) is 4.55. The number of rotatable bonds is 7. The van der Waals surface area contributed by atoms with Crippen molar-refractivity contribution in [3.63, 3.8) is 0 Å². The van der Waals surface area contributed by atoms with E-state index in [4.69, 9.17) is 4.18 Å². The number of nitrogens with one attached hydrogen (secondary N) is 1. The summed E-state index contributed by atoms with van der Waals surface area (Å²) in [4.78, 5) is 24.0. The van der Waals surface area contributed by atoms with Crippen LogP contribution in [-0.4, -0.2) is 27.4 Å². The topological polar surface area (TPSA) is 123 Å². The highest BCUT2D eigenvalue weighted by atomic mass is 79.9. The fourth-order valence-electron chi connectivity index (χ4n) is 2.75. The van der Waals surface area contributed by atoms with Gasteiger partial charge in [-0.2, -0.15) is 13.7 Å². The van der Waals surface area contributed by atoms with Crippen molar-refractivity contribution in [3.8, 4) is 11.8 Å². The van der Waals surface area contributed by atoms with Gasteiger partial charge in [-0.05, 0) is 76.1 Å². The fraction of sp³-hybridized carbons (Fsp3) is 0.0417. The highest BCUT2D eigenvalue weighted by molar-refractivity contribution is 9.10. The standard InChI is InChI=1S/C24H17BrN2O6S/c1-32-24(29)17-8-10-19(11-9-17)27-23(28)18(15-26)13-16-7-12-22(21(25)14-16)33-34(30,31)20-5-3-2-4-6-20/h2-14H,1H3,(H,27,28)/b18-13+. The molecule has 0 heterocycles. The summed E-state index contributed by atoms with van der Waals surface area (Å²) in [5.74, 6) is -1.11. The number of hydrogen-bond donors (Lipinski definition) is 1. The van der Waals surface area contributed by atoms with Gasteiger partial charge < -0.3 is 14.2 Å². The molecule has 0 saturated heterocycles. The Morgan fingerprint density at radius 3 is 2.29 bits per heavy atom. The van der Waals surface area contributed by atoms with Gasteiger partial charge in [0.1, 0.15) is 16.5 Å². The van der Waals surface area contributed by atoms with Crippen molar-refractivity contribution < 1.29 is 26.9 Å². The zero-order chi connectivity index (χ0) is 24.7. The average molecular weight is 541 g/mol. The number of nitrogens with zero attached hydrogens (tertiary/aromatic N) is 1. The van der Waals surface area contributed by atoms with E-state index in [0.717, 1.165) is 0 Å². The monoisotopic (exact) mass is 540 g/mol. The van der Waals surface area contributed by atoms with Crippen molar-refractivity contribution in [1.82, 2.24) is 0 Å². The number of anilines is 1. The molecule has 0 saturated carbocycles. The lowest BCUT2D eigenvalue weighted by Gasteiger charge is -2.09. The van der Waals surface area contributed by atoms with Gasteiger partial charge in [-0.3, -0.25) is 4.79 Å². The van der Waals surface area contributed by atoms with Crippen molar-refractivity contribution >= 4 is 49.7 Å². The molecule has 3 aromatic carbocycles. The molecule has 34 heavy (non-hydrogen) atoms. The van der Waals surface area contributed by atoms with E-state index in [9.17, 15) is 23.3 Å². The summed E-state index contributed by atoms with van der Waals surface area (Å²) in [6.07, 6.45) is 1.35. The second kappa shape index (κ2) is 10.8. The molecule has 3 rings (SSSR count). The SMILES string of the molecule is COC(=O)c1ccc(NC(=O)/C(C#N)=C/c2ccc(OS(=O)(=O)c3ccccc3)c(Br)c2)cc1. The van der Waals surface area contributed by atoms with Crippen LogP contribution in [0.4, 0.5) is 5.69 Å². The van der Waals surface area contributed by atoms with Crippen LogP contribution in [0.15, 0.2) is 87.7 Å². The summed E-state index contributed by atoms with van der Waals surface area (Å²) in [5.41, 5.74) is 0.978. The first-order valence-electron chi connectivity index (χ1n) is 9.64. The Kier molecular flexibility index (Phi) is 7.83. The maximum atomic E-state index is 12.5. The van der Waals surface area contributed by atoms with E-state index in [-0.39, 0.29) is 16.2 Å². The molecule has 172 valence electrons. The lowest BCUT2D eigenvalue weighted by Crippen LogP contribution is -2.13. The van der Waals surface area contributed by atoms with Crippen LogP contribution >= 0.6 is 15.9 Å². The van der Waals surface area contributed by atoms with Gasteiger partial charge in [-0.25, -0.2) is 4.79 Å². The van der Waals surface area contributed by atoms with Crippen molar-refractivity contribution in [2.75, 3.05) is 12.4 Å². The summed E-state index contributed by atoms with van der Waals surface area (Å²) >= 11 is 3.26. The summed E-state index contributed by atoms with van der Waals surface area (Å²) in [5, 5.41) is 12.0. The Hall–Kier alpha value is -3.94. The number of esters is 1. The molecule has 0 atom stereocenters. The van der Waals surface area contributed by atoms with Gasteiger partial charge in [0.25, 0.3) is 5.91 Å². The molecule has 0 aliphatic heterocycles. The Labute approximate surface area is 204 Å². The van der Waals surface area contributed by atoms with Crippen LogP contribution < -0.4 is 9.50 Å². The van der Waals surface area contributed by atoms with Crippen LogP contribution in [0.5, 0.6) is 5.75 Å². The van der Waals surface area contributed by atoms with E-state index in [1.165, 1.54) is 67.8 Å². The van der Waals surface area contributed by atoms with Crippen molar-refractivity contribution in [1.29, 1.82) is 5.26 Å². The van der Waals surface area contributed by atoms with Gasteiger partial charge in [-0.15, -0.1) is 0 Å². The minimum absolute atomic E-state index is 0.00827. The van der Waals surface area contributed by atoms with Gasteiger partial charge in [-0.1, -0.05) is 24.3 Å². The second-order valence-electron chi connectivity index (χ2n) is 6.73. The molecule has 0 aromatic heterocycles. The van der Waals surface area contributed by atoms with Crippen LogP contribution in [-0.2, 0) is 19.6 Å². The van der Waals surface area contributed by atoms with Crippen LogP contribution in [0.3, 0.4) is 0 Å². The van der Waals surface area contributed by atoms with Gasteiger partial charge in [0, 0.05) is 5.69 Å². The van der Waals surface area contributed by atoms with Crippen molar-refractivity contribution in [2.45, 2.75) is 4.90 Å². The lowest BCUT2D eigenvalue weighted by molar-refractivity contribution is -0.112. The number of nitriles is 1. The highest BCUT2D eigenvalue weighted by Crippen LogP contribution is 2.29. The number of benzene rings is 3. The van der Waals surface area contributed by atoms with E-state index < -0.39 is 22.0 Å². The van der Waals surface area contributed by atoms with Gasteiger partial charge in [0.2, 0.25) is 0 Å². The summed E-state index contributed by atoms with van der Waals surface area (Å²) < 4.78 is 35.0. The van der Waals surface area contributed by atoms with Gasteiger partial charge >= 0.3 is 16.1 Å². The number of carbonyl (C=O) groups is 2. The third-order valence-electron chi connectivity index (χ3n) is 4.43. The van der Waals surface area contributed by atoms with Crippen molar-refractivity contribution in [2.24, 2.45) is 0 Å². The van der Waals surface area contributed by atoms with E-state index >= 15 is 0 Å². The lowest BCUT2D eigenvalue weighted by atomic mass is 10.1. The number of methoxy groups -OCH3 is 1. The van der Waals surface area contributed by atoms with Crippen molar-refractivity contribution in [3.05, 3.63) is 94.0 Å². The van der Waals surface area contributed by atoms with Crippen LogP contribution in [0, 0.1) is 11.3 Å². The maximum absolute atomic E-state index is 12.5. The minimum atomic E-state index is -4.03. The first-order valence-corrected chi connectivity index (χ1v) is 11.8. The fourth-order valence-corrected chi connectivity index (χ4v) is 4.30. The quantitative estimate of drug-likeness (QED) is 0.202. The van der Waals surface area contributed by atoms with E-state index in [1.54, 1.807) is 18.2 Å². The Morgan fingerprint density at radius 2 is 1.71 bits per heavy atom. The Bertz CT molecular complexity index is 1400. The number of hydrogen-bond acceptors (Lipinski definition) is 7. The summed E-state index contributed by atoms with van der Waals surface area (Å²) in [6, 6.07) is 20.0. The Balaban J connectivity index is 1.76. The molecule has 0 aliphatic rings. The van der Waals surface area contributed by atoms with E-state index in [2.05, 4.69) is 26.0 Å². The normalized spacial score (nSPS) is 11.3. The smallest absolute Gasteiger partial charge is 0.339 e. The third kappa shape index (κ3) is 6.10. The minimum Gasteiger partial charge on any atom is -0.465 e.